The number of primary sulfonamides is 1. The fourth-order valence-corrected chi connectivity index (χ4v) is 2.84. The first-order valence-electron chi connectivity index (χ1n) is 6.28. The predicted octanol–water partition coefficient (Wildman–Crippen LogP) is 1.59. The fraction of sp³-hybridized carbons (Fsp3) is 0.143. The summed E-state index contributed by atoms with van der Waals surface area (Å²) in [6, 6.07) is 11.1. The van der Waals surface area contributed by atoms with Crippen molar-refractivity contribution < 1.29 is 18.3 Å². The van der Waals surface area contributed by atoms with E-state index in [1.807, 2.05) is 0 Å². The molecule has 0 aliphatic carbocycles. The fourth-order valence-electron chi connectivity index (χ4n) is 2.28. The minimum Gasteiger partial charge on any atom is -0.508 e. The number of fused-ring (bicyclic) bond motifs is 1. The molecule has 6 nitrogen and oxygen atoms in total. The number of rotatable bonds is 3. The Kier molecular flexibility index (Phi) is 3.23. The lowest BCUT2D eigenvalue weighted by atomic mass is 10.1. The minimum atomic E-state index is -3.73. The summed E-state index contributed by atoms with van der Waals surface area (Å²) >= 11 is 0. The van der Waals surface area contributed by atoms with E-state index in [1.54, 1.807) is 30.3 Å². The first kappa shape index (κ1) is 13.7. The number of sulfonamides is 1. The number of benzene rings is 2. The molecule has 0 spiro atoms. The highest BCUT2D eigenvalue weighted by Crippen LogP contribution is 2.36. The number of anilines is 1. The van der Waals surface area contributed by atoms with Gasteiger partial charge in [0.25, 0.3) is 0 Å². The minimum absolute atomic E-state index is 0.0531. The Hall–Kier alpha value is -2.25. The topological polar surface area (TPSA) is 102 Å². The van der Waals surface area contributed by atoms with Crippen molar-refractivity contribution in [2.75, 3.05) is 11.9 Å². The van der Waals surface area contributed by atoms with Crippen LogP contribution in [0.15, 0.2) is 47.4 Å². The average Bonchev–Trinajstić information content (AvgIpc) is 2.80. The molecule has 3 rings (SSSR count). The summed E-state index contributed by atoms with van der Waals surface area (Å²) in [4.78, 5) is 0.0531. The Balaban J connectivity index is 1.87. The molecule has 7 heteroatoms. The molecule has 0 radical (unpaired) electrons. The van der Waals surface area contributed by atoms with Gasteiger partial charge in [0, 0.05) is 17.3 Å². The molecule has 2 aromatic rings. The number of ether oxygens (including phenoxy) is 1. The van der Waals surface area contributed by atoms with Crippen LogP contribution in [-0.4, -0.2) is 20.1 Å². The van der Waals surface area contributed by atoms with Crippen molar-refractivity contribution in [1.29, 1.82) is 0 Å². The van der Waals surface area contributed by atoms with Gasteiger partial charge in [-0.2, -0.15) is 0 Å². The van der Waals surface area contributed by atoms with Crippen LogP contribution >= 0.6 is 0 Å². The number of phenols is 1. The van der Waals surface area contributed by atoms with Gasteiger partial charge in [-0.25, -0.2) is 13.6 Å². The van der Waals surface area contributed by atoms with Crippen molar-refractivity contribution >= 4 is 15.7 Å². The van der Waals surface area contributed by atoms with E-state index in [1.165, 1.54) is 12.1 Å². The van der Waals surface area contributed by atoms with E-state index in [-0.39, 0.29) is 16.7 Å². The van der Waals surface area contributed by atoms with Crippen LogP contribution in [0.1, 0.15) is 11.6 Å². The molecule has 0 amide bonds. The maximum Gasteiger partial charge on any atom is 0.238 e. The first-order chi connectivity index (χ1) is 9.93. The number of nitrogens with two attached hydrogens (primary N) is 1. The molecule has 4 N–H and O–H groups in total. The SMILES string of the molecule is NS(=O)(=O)c1cccc(NC2COc3cc(O)ccc32)c1. The quantitative estimate of drug-likeness (QED) is 0.799. The van der Waals surface area contributed by atoms with E-state index in [4.69, 9.17) is 9.88 Å². The van der Waals surface area contributed by atoms with Crippen molar-refractivity contribution in [3.63, 3.8) is 0 Å². The zero-order chi connectivity index (χ0) is 15.0. The third-order valence-electron chi connectivity index (χ3n) is 3.28. The molecule has 21 heavy (non-hydrogen) atoms. The summed E-state index contributed by atoms with van der Waals surface area (Å²) in [5, 5.41) is 17.7. The molecule has 0 saturated heterocycles. The number of hydrogen-bond donors (Lipinski definition) is 3. The van der Waals surface area contributed by atoms with Crippen LogP contribution < -0.4 is 15.2 Å². The predicted molar refractivity (Wildman–Crippen MR) is 77.8 cm³/mol. The van der Waals surface area contributed by atoms with Crippen molar-refractivity contribution in [2.24, 2.45) is 5.14 Å². The first-order valence-corrected chi connectivity index (χ1v) is 7.83. The lowest BCUT2D eigenvalue weighted by Crippen LogP contribution is -2.14. The molecule has 2 aromatic carbocycles. The lowest BCUT2D eigenvalue weighted by molar-refractivity contribution is 0.338. The summed E-state index contributed by atoms with van der Waals surface area (Å²) < 4.78 is 28.2. The van der Waals surface area contributed by atoms with Crippen LogP contribution in [0.3, 0.4) is 0 Å². The molecule has 1 atom stereocenters. The third kappa shape index (κ3) is 2.79. The Labute approximate surface area is 122 Å². The van der Waals surface area contributed by atoms with Gasteiger partial charge in [0.05, 0.1) is 10.9 Å². The lowest BCUT2D eigenvalue weighted by Gasteiger charge is -2.13. The number of hydrogen-bond acceptors (Lipinski definition) is 5. The monoisotopic (exact) mass is 306 g/mol. The standard InChI is InChI=1S/C14H14N2O4S/c15-21(18,19)11-3-1-2-9(6-11)16-13-8-20-14-7-10(17)4-5-12(13)14/h1-7,13,16-17H,8H2,(H2,15,18,19). The summed E-state index contributed by atoms with van der Waals surface area (Å²) in [5.41, 5.74) is 1.55. The van der Waals surface area contributed by atoms with Crippen molar-refractivity contribution in [3.8, 4) is 11.5 Å². The highest BCUT2D eigenvalue weighted by atomic mass is 32.2. The highest BCUT2D eigenvalue weighted by molar-refractivity contribution is 7.89. The molecule has 1 aliphatic heterocycles. The maximum atomic E-state index is 11.4. The van der Waals surface area contributed by atoms with E-state index in [0.717, 1.165) is 5.56 Å². The second-order valence-electron chi connectivity index (χ2n) is 4.80. The Bertz CT molecular complexity index is 789. The number of aromatic hydroxyl groups is 1. The molecular formula is C14H14N2O4S. The molecule has 110 valence electrons. The second kappa shape index (κ2) is 4.94. The molecule has 1 aliphatic rings. The van der Waals surface area contributed by atoms with E-state index in [0.29, 0.717) is 18.0 Å². The molecule has 1 unspecified atom stereocenters. The van der Waals surface area contributed by atoms with Gasteiger partial charge in [-0.05, 0) is 30.3 Å². The Morgan fingerprint density at radius 2 is 2.05 bits per heavy atom. The number of nitrogens with one attached hydrogen (secondary N) is 1. The van der Waals surface area contributed by atoms with Crippen molar-refractivity contribution in [3.05, 3.63) is 48.0 Å². The zero-order valence-electron chi connectivity index (χ0n) is 11.0. The summed E-state index contributed by atoms with van der Waals surface area (Å²) in [7, 11) is -3.73. The van der Waals surface area contributed by atoms with E-state index >= 15 is 0 Å². The Morgan fingerprint density at radius 1 is 1.24 bits per heavy atom. The van der Waals surface area contributed by atoms with Gasteiger partial charge in [0.2, 0.25) is 10.0 Å². The molecular weight excluding hydrogens is 292 g/mol. The van der Waals surface area contributed by atoms with Crippen molar-refractivity contribution in [1.82, 2.24) is 0 Å². The van der Waals surface area contributed by atoms with Gasteiger partial charge >= 0.3 is 0 Å². The molecule has 0 aromatic heterocycles. The van der Waals surface area contributed by atoms with Gasteiger partial charge in [0.1, 0.15) is 18.1 Å². The zero-order valence-corrected chi connectivity index (χ0v) is 11.8. The molecule has 0 bridgehead atoms. The van der Waals surface area contributed by atoms with E-state index < -0.39 is 10.0 Å². The summed E-state index contributed by atoms with van der Waals surface area (Å²) in [6.45, 7) is 0.401. The molecule has 0 saturated carbocycles. The van der Waals surface area contributed by atoms with Crippen LogP contribution in [0, 0.1) is 0 Å². The molecule has 1 heterocycles. The highest BCUT2D eigenvalue weighted by Gasteiger charge is 2.24. The largest absolute Gasteiger partial charge is 0.508 e. The van der Waals surface area contributed by atoms with Gasteiger partial charge in [0.15, 0.2) is 0 Å². The average molecular weight is 306 g/mol. The van der Waals surface area contributed by atoms with Gasteiger partial charge in [-0.1, -0.05) is 6.07 Å². The second-order valence-corrected chi connectivity index (χ2v) is 6.36. The van der Waals surface area contributed by atoms with E-state index in [9.17, 15) is 13.5 Å². The van der Waals surface area contributed by atoms with Crippen LogP contribution in [0.2, 0.25) is 0 Å². The van der Waals surface area contributed by atoms with Crippen LogP contribution in [0.25, 0.3) is 0 Å². The smallest absolute Gasteiger partial charge is 0.238 e. The van der Waals surface area contributed by atoms with Crippen molar-refractivity contribution in [2.45, 2.75) is 10.9 Å². The Morgan fingerprint density at radius 3 is 2.81 bits per heavy atom. The summed E-state index contributed by atoms with van der Waals surface area (Å²) in [5.74, 6) is 0.765. The molecule has 0 fully saturated rings. The van der Waals surface area contributed by atoms with Crippen LogP contribution in [-0.2, 0) is 10.0 Å². The van der Waals surface area contributed by atoms with Crippen LogP contribution in [0.5, 0.6) is 11.5 Å². The van der Waals surface area contributed by atoms with Gasteiger partial charge in [-0.15, -0.1) is 0 Å². The van der Waals surface area contributed by atoms with Gasteiger partial charge in [-0.3, -0.25) is 0 Å². The van der Waals surface area contributed by atoms with E-state index in [2.05, 4.69) is 5.32 Å². The van der Waals surface area contributed by atoms with Crippen LogP contribution in [0.4, 0.5) is 5.69 Å². The number of phenolic OH excluding ortho intramolecular Hbond substituents is 1. The maximum absolute atomic E-state index is 11.4. The summed E-state index contributed by atoms with van der Waals surface area (Å²) in [6.07, 6.45) is 0. The third-order valence-corrected chi connectivity index (χ3v) is 4.19. The van der Waals surface area contributed by atoms with Gasteiger partial charge < -0.3 is 15.2 Å². The normalized spacial score (nSPS) is 17.1.